The third-order valence-corrected chi connectivity index (χ3v) is 2.60. The van der Waals surface area contributed by atoms with E-state index in [4.69, 9.17) is 5.11 Å². The lowest BCUT2D eigenvalue weighted by atomic mass is 10.1. The molecule has 0 aliphatic carbocycles. The number of carboxylic acids is 1. The predicted molar refractivity (Wildman–Crippen MR) is 75.3 cm³/mol. The zero-order valence-corrected chi connectivity index (χ0v) is 10.6. The minimum absolute atomic E-state index is 0.289. The Morgan fingerprint density at radius 2 is 1.83 bits per heavy atom. The maximum absolute atomic E-state index is 10.3. The summed E-state index contributed by atoms with van der Waals surface area (Å²) in [5.74, 6) is -0.698. The SMILES string of the molecule is O=C(O)CCCCCC=CC=Cc1ccccc1. The van der Waals surface area contributed by atoms with Crippen LogP contribution in [0.15, 0.2) is 48.6 Å². The largest absolute Gasteiger partial charge is 0.481 e. The van der Waals surface area contributed by atoms with Crippen molar-refractivity contribution in [3.8, 4) is 0 Å². The van der Waals surface area contributed by atoms with Gasteiger partial charge in [-0.2, -0.15) is 0 Å². The fraction of sp³-hybridized carbons (Fsp3) is 0.312. The molecule has 0 saturated heterocycles. The van der Waals surface area contributed by atoms with Crippen molar-refractivity contribution >= 4 is 12.0 Å². The molecular weight excluding hydrogens is 224 g/mol. The van der Waals surface area contributed by atoms with Crippen molar-refractivity contribution < 1.29 is 9.90 Å². The first kappa shape index (κ1) is 14.2. The van der Waals surface area contributed by atoms with Gasteiger partial charge in [0.15, 0.2) is 0 Å². The zero-order valence-electron chi connectivity index (χ0n) is 10.6. The van der Waals surface area contributed by atoms with E-state index in [1.165, 1.54) is 5.56 Å². The molecule has 0 unspecified atom stereocenters. The Balaban J connectivity index is 2.07. The Bertz CT molecular complexity index is 391. The van der Waals surface area contributed by atoms with Gasteiger partial charge in [0, 0.05) is 6.42 Å². The lowest BCUT2D eigenvalue weighted by Crippen LogP contribution is -1.93. The van der Waals surface area contributed by atoms with Gasteiger partial charge in [-0.25, -0.2) is 0 Å². The fourth-order valence-electron chi connectivity index (χ4n) is 1.62. The van der Waals surface area contributed by atoms with Crippen LogP contribution in [0.25, 0.3) is 6.08 Å². The summed E-state index contributed by atoms with van der Waals surface area (Å²) in [7, 11) is 0. The summed E-state index contributed by atoms with van der Waals surface area (Å²) in [4.78, 5) is 10.3. The number of carboxylic acid groups (broad SMARTS) is 1. The van der Waals surface area contributed by atoms with Gasteiger partial charge in [0.2, 0.25) is 0 Å². The first-order valence-electron chi connectivity index (χ1n) is 6.39. The van der Waals surface area contributed by atoms with Crippen LogP contribution in [0, 0.1) is 0 Å². The standard InChI is InChI=1S/C16H20O2/c17-16(18)14-10-5-3-1-2-4-7-11-15-12-8-6-9-13-15/h2,4,6-9,11-13H,1,3,5,10,14H2,(H,17,18). The molecule has 1 rings (SSSR count). The van der Waals surface area contributed by atoms with Crippen LogP contribution in [0.5, 0.6) is 0 Å². The second-order valence-electron chi connectivity index (χ2n) is 4.19. The van der Waals surface area contributed by atoms with E-state index in [9.17, 15) is 4.79 Å². The van der Waals surface area contributed by atoms with Gasteiger partial charge in [0.05, 0.1) is 0 Å². The summed E-state index contributed by atoms with van der Waals surface area (Å²) in [6.45, 7) is 0. The normalized spacial score (nSPS) is 11.3. The Morgan fingerprint density at radius 3 is 2.56 bits per heavy atom. The Hall–Kier alpha value is -1.83. The highest BCUT2D eigenvalue weighted by Crippen LogP contribution is 2.04. The number of carbonyl (C=O) groups is 1. The average Bonchev–Trinajstić information content (AvgIpc) is 2.37. The van der Waals surface area contributed by atoms with Gasteiger partial charge in [0.25, 0.3) is 0 Å². The molecular formula is C16H20O2. The van der Waals surface area contributed by atoms with Crippen LogP contribution < -0.4 is 0 Å². The number of hydrogen-bond acceptors (Lipinski definition) is 1. The van der Waals surface area contributed by atoms with E-state index in [1.807, 2.05) is 30.4 Å². The minimum Gasteiger partial charge on any atom is -0.481 e. The highest BCUT2D eigenvalue weighted by molar-refractivity contribution is 5.66. The van der Waals surface area contributed by atoms with Gasteiger partial charge in [-0.1, -0.05) is 61.1 Å². The van der Waals surface area contributed by atoms with Crippen molar-refractivity contribution in [2.45, 2.75) is 32.1 Å². The van der Waals surface area contributed by atoms with E-state index >= 15 is 0 Å². The van der Waals surface area contributed by atoms with E-state index in [0.717, 1.165) is 25.7 Å². The van der Waals surface area contributed by atoms with Crippen LogP contribution in [0.1, 0.15) is 37.7 Å². The second kappa shape index (κ2) is 9.23. The van der Waals surface area contributed by atoms with Crippen LogP contribution in [-0.2, 0) is 4.79 Å². The molecule has 1 N–H and O–H groups in total. The van der Waals surface area contributed by atoms with Crippen molar-refractivity contribution in [3.05, 3.63) is 54.1 Å². The van der Waals surface area contributed by atoms with Gasteiger partial charge in [0.1, 0.15) is 0 Å². The molecule has 0 radical (unpaired) electrons. The molecule has 0 fully saturated rings. The molecule has 0 amide bonds. The molecule has 18 heavy (non-hydrogen) atoms. The Morgan fingerprint density at radius 1 is 1.06 bits per heavy atom. The van der Waals surface area contributed by atoms with Crippen LogP contribution in [0.2, 0.25) is 0 Å². The topological polar surface area (TPSA) is 37.3 Å². The molecule has 0 aliphatic rings. The second-order valence-corrected chi connectivity index (χ2v) is 4.19. The Kier molecular flexibility index (Phi) is 7.29. The molecule has 2 heteroatoms. The minimum atomic E-state index is -0.698. The quantitative estimate of drug-likeness (QED) is 0.547. The van der Waals surface area contributed by atoms with E-state index in [-0.39, 0.29) is 6.42 Å². The van der Waals surface area contributed by atoms with Gasteiger partial charge in [-0.05, 0) is 24.8 Å². The van der Waals surface area contributed by atoms with Crippen LogP contribution in [0.4, 0.5) is 0 Å². The molecule has 2 nitrogen and oxygen atoms in total. The van der Waals surface area contributed by atoms with Gasteiger partial charge in [-0.15, -0.1) is 0 Å². The van der Waals surface area contributed by atoms with E-state index < -0.39 is 5.97 Å². The summed E-state index contributed by atoms with van der Waals surface area (Å²) in [6.07, 6.45) is 12.4. The molecule has 0 aliphatic heterocycles. The maximum Gasteiger partial charge on any atom is 0.303 e. The summed E-state index contributed by atoms with van der Waals surface area (Å²) >= 11 is 0. The number of allylic oxidation sites excluding steroid dienone is 3. The van der Waals surface area contributed by atoms with Crippen LogP contribution >= 0.6 is 0 Å². The number of unbranched alkanes of at least 4 members (excludes halogenated alkanes) is 3. The third-order valence-electron chi connectivity index (χ3n) is 2.60. The molecule has 0 saturated carbocycles. The van der Waals surface area contributed by atoms with Crippen molar-refractivity contribution in [1.29, 1.82) is 0 Å². The van der Waals surface area contributed by atoms with Gasteiger partial charge in [-0.3, -0.25) is 4.79 Å². The summed E-state index contributed by atoms with van der Waals surface area (Å²) < 4.78 is 0. The van der Waals surface area contributed by atoms with Gasteiger partial charge >= 0.3 is 5.97 Å². The van der Waals surface area contributed by atoms with Crippen molar-refractivity contribution in [2.75, 3.05) is 0 Å². The molecule has 1 aromatic rings. The van der Waals surface area contributed by atoms with Crippen molar-refractivity contribution in [3.63, 3.8) is 0 Å². The van der Waals surface area contributed by atoms with Crippen molar-refractivity contribution in [2.24, 2.45) is 0 Å². The number of aliphatic carboxylic acids is 1. The van der Waals surface area contributed by atoms with E-state index in [1.54, 1.807) is 0 Å². The Labute approximate surface area is 109 Å². The lowest BCUT2D eigenvalue weighted by Gasteiger charge is -1.94. The fourth-order valence-corrected chi connectivity index (χ4v) is 1.62. The smallest absolute Gasteiger partial charge is 0.303 e. The number of rotatable bonds is 8. The maximum atomic E-state index is 10.3. The highest BCUT2D eigenvalue weighted by atomic mass is 16.4. The first-order chi connectivity index (χ1) is 8.79. The summed E-state index contributed by atoms with van der Waals surface area (Å²) in [5.41, 5.74) is 1.20. The molecule has 96 valence electrons. The number of hydrogen-bond donors (Lipinski definition) is 1. The molecule has 0 bridgehead atoms. The summed E-state index contributed by atoms with van der Waals surface area (Å²) in [5, 5.41) is 8.47. The van der Waals surface area contributed by atoms with Crippen molar-refractivity contribution in [1.82, 2.24) is 0 Å². The summed E-state index contributed by atoms with van der Waals surface area (Å²) in [6, 6.07) is 10.2. The molecule has 0 heterocycles. The average molecular weight is 244 g/mol. The lowest BCUT2D eigenvalue weighted by molar-refractivity contribution is -0.137. The molecule has 1 aromatic carbocycles. The third kappa shape index (κ3) is 7.44. The highest BCUT2D eigenvalue weighted by Gasteiger charge is 1.94. The van der Waals surface area contributed by atoms with E-state index in [0.29, 0.717) is 0 Å². The van der Waals surface area contributed by atoms with E-state index in [2.05, 4.69) is 24.3 Å². The van der Waals surface area contributed by atoms with Gasteiger partial charge < -0.3 is 5.11 Å². The van der Waals surface area contributed by atoms with Crippen LogP contribution in [-0.4, -0.2) is 11.1 Å². The molecule has 0 atom stereocenters. The molecule has 0 spiro atoms. The number of benzene rings is 1. The predicted octanol–water partition coefficient (Wildman–Crippen LogP) is 4.29. The zero-order chi connectivity index (χ0) is 13.1. The molecule has 0 aromatic heterocycles. The monoisotopic (exact) mass is 244 g/mol. The van der Waals surface area contributed by atoms with Crippen LogP contribution in [0.3, 0.4) is 0 Å². The first-order valence-corrected chi connectivity index (χ1v) is 6.39.